The lowest BCUT2D eigenvalue weighted by Crippen LogP contribution is -2.12. The van der Waals surface area contributed by atoms with Gasteiger partial charge in [0, 0.05) is 5.02 Å². The van der Waals surface area contributed by atoms with Crippen molar-refractivity contribution in [1.82, 2.24) is 9.78 Å². The Bertz CT molecular complexity index is 1010. The molecule has 0 unspecified atom stereocenters. The van der Waals surface area contributed by atoms with Gasteiger partial charge >= 0.3 is 6.18 Å². The van der Waals surface area contributed by atoms with E-state index in [1.807, 2.05) is 24.3 Å². The molecule has 3 aromatic rings. The number of alkyl halides is 3. The molecule has 0 aliphatic heterocycles. The minimum absolute atomic E-state index is 0.0210. The molecule has 154 valence electrons. The van der Waals surface area contributed by atoms with Crippen molar-refractivity contribution in [2.45, 2.75) is 39.0 Å². The van der Waals surface area contributed by atoms with E-state index in [1.165, 1.54) is 18.2 Å². The van der Waals surface area contributed by atoms with Crippen LogP contribution in [0.2, 0.25) is 10.0 Å². The van der Waals surface area contributed by atoms with Gasteiger partial charge in [0.1, 0.15) is 12.2 Å². The fourth-order valence-electron chi connectivity index (χ4n) is 2.75. The van der Waals surface area contributed by atoms with Gasteiger partial charge in [0.25, 0.3) is 0 Å². The quantitative estimate of drug-likeness (QED) is 0.431. The minimum Gasteiger partial charge on any atom is -0.472 e. The van der Waals surface area contributed by atoms with E-state index in [9.17, 15) is 13.2 Å². The topological polar surface area (TPSA) is 27.1 Å². The number of hydrogen-bond acceptors (Lipinski definition) is 2. The number of ether oxygens (including phenoxy) is 1. The lowest BCUT2D eigenvalue weighted by atomic mass is 9.87. The van der Waals surface area contributed by atoms with E-state index < -0.39 is 17.6 Å². The van der Waals surface area contributed by atoms with Crippen molar-refractivity contribution in [3.63, 3.8) is 0 Å². The van der Waals surface area contributed by atoms with E-state index in [4.69, 9.17) is 27.9 Å². The molecule has 0 radical (unpaired) electrons. The molecule has 3 rings (SSSR count). The average molecular weight is 443 g/mol. The lowest BCUT2D eigenvalue weighted by molar-refractivity contribution is -0.139. The van der Waals surface area contributed by atoms with E-state index >= 15 is 0 Å². The summed E-state index contributed by atoms with van der Waals surface area (Å²) >= 11 is 12.0. The number of nitrogens with zero attached hydrogens (tertiary/aromatic N) is 2. The maximum atomic E-state index is 13.5. The molecule has 0 bridgehead atoms. The predicted molar refractivity (Wildman–Crippen MR) is 108 cm³/mol. The van der Waals surface area contributed by atoms with Crippen LogP contribution in [0.1, 0.15) is 37.5 Å². The first-order valence-corrected chi connectivity index (χ1v) is 9.55. The monoisotopic (exact) mass is 442 g/mol. The molecule has 0 amide bonds. The molecule has 0 fully saturated rings. The molecule has 8 heteroatoms. The number of rotatable bonds is 4. The highest BCUT2D eigenvalue weighted by molar-refractivity contribution is 6.35. The summed E-state index contributed by atoms with van der Waals surface area (Å²) in [5.74, 6) is -0.429. The highest BCUT2D eigenvalue weighted by Gasteiger charge is 2.38. The molecule has 2 aromatic carbocycles. The SMILES string of the molecule is CC(C)(C)c1ccc(COc2c(C(F)(F)F)cnn2-c2ccc(Cl)cc2Cl)cc1. The average Bonchev–Trinajstić information content (AvgIpc) is 3.03. The normalized spacial score (nSPS) is 12.3. The summed E-state index contributed by atoms with van der Waals surface area (Å²) in [7, 11) is 0. The molecule has 0 N–H and O–H groups in total. The minimum atomic E-state index is -4.62. The maximum absolute atomic E-state index is 13.5. The lowest BCUT2D eigenvalue weighted by Gasteiger charge is -2.19. The molecule has 0 spiro atoms. The molecule has 0 aliphatic carbocycles. The third-order valence-corrected chi connectivity index (χ3v) is 4.90. The van der Waals surface area contributed by atoms with Crippen molar-refractivity contribution in [3.8, 4) is 11.6 Å². The summed E-state index contributed by atoms with van der Waals surface area (Å²) in [5.41, 5.74) is 1.10. The van der Waals surface area contributed by atoms with Gasteiger partial charge < -0.3 is 4.74 Å². The van der Waals surface area contributed by atoms with Gasteiger partial charge in [-0.3, -0.25) is 0 Å². The Morgan fingerprint density at radius 1 is 1.00 bits per heavy atom. The fourth-order valence-corrected chi connectivity index (χ4v) is 3.24. The summed E-state index contributed by atoms with van der Waals surface area (Å²) in [6.45, 7) is 6.21. The van der Waals surface area contributed by atoms with Gasteiger partial charge in [-0.2, -0.15) is 23.0 Å². The summed E-state index contributed by atoms with van der Waals surface area (Å²) in [6, 6.07) is 12.0. The number of aromatic nitrogens is 2. The Kier molecular flexibility index (Phi) is 5.88. The molecule has 29 heavy (non-hydrogen) atoms. The second kappa shape index (κ2) is 7.92. The Labute approximate surface area is 177 Å². The first-order chi connectivity index (χ1) is 13.5. The number of halogens is 5. The standard InChI is InChI=1S/C21H19Cl2F3N2O/c1-20(2,3)14-6-4-13(5-7-14)12-29-19-16(21(24,25)26)11-27-28(19)18-9-8-15(22)10-17(18)23/h4-11H,12H2,1-3H3. The molecular weight excluding hydrogens is 424 g/mol. The Morgan fingerprint density at radius 2 is 1.66 bits per heavy atom. The number of hydrogen-bond donors (Lipinski definition) is 0. The van der Waals surface area contributed by atoms with Gasteiger partial charge in [0.05, 0.1) is 16.9 Å². The maximum Gasteiger partial charge on any atom is 0.423 e. The van der Waals surface area contributed by atoms with Crippen molar-refractivity contribution in [1.29, 1.82) is 0 Å². The first kappa shape index (κ1) is 21.5. The Hall–Kier alpha value is -2.18. The van der Waals surface area contributed by atoms with Crippen LogP contribution < -0.4 is 4.74 Å². The summed E-state index contributed by atoms with van der Waals surface area (Å²) in [6.07, 6.45) is -3.90. The van der Waals surface area contributed by atoms with Crippen molar-refractivity contribution in [2.24, 2.45) is 0 Å². The van der Waals surface area contributed by atoms with Gasteiger partial charge in [0.15, 0.2) is 0 Å². The van der Waals surface area contributed by atoms with Crippen molar-refractivity contribution >= 4 is 23.2 Å². The fraction of sp³-hybridized carbons (Fsp3) is 0.286. The molecule has 1 heterocycles. The van der Waals surface area contributed by atoms with E-state index in [0.717, 1.165) is 22.0 Å². The number of benzene rings is 2. The zero-order valence-electron chi connectivity index (χ0n) is 16.0. The van der Waals surface area contributed by atoms with Gasteiger partial charge in [-0.15, -0.1) is 0 Å². The van der Waals surface area contributed by atoms with Crippen LogP contribution in [0.3, 0.4) is 0 Å². The van der Waals surface area contributed by atoms with E-state index in [1.54, 1.807) is 0 Å². The van der Waals surface area contributed by atoms with Gasteiger partial charge in [-0.1, -0.05) is 68.2 Å². The van der Waals surface area contributed by atoms with Gasteiger partial charge in [0.2, 0.25) is 5.88 Å². The second-order valence-corrected chi connectivity index (χ2v) is 8.45. The predicted octanol–water partition coefficient (Wildman–Crippen LogP) is 7.07. The summed E-state index contributed by atoms with van der Waals surface area (Å²) in [5, 5.41) is 4.37. The van der Waals surface area contributed by atoms with E-state index in [2.05, 4.69) is 25.9 Å². The molecular formula is C21H19Cl2F3N2O. The Balaban J connectivity index is 1.94. The summed E-state index contributed by atoms with van der Waals surface area (Å²) in [4.78, 5) is 0. The highest BCUT2D eigenvalue weighted by Crippen LogP contribution is 2.39. The van der Waals surface area contributed by atoms with Crippen LogP contribution in [-0.2, 0) is 18.2 Å². The van der Waals surface area contributed by atoms with E-state index in [0.29, 0.717) is 5.02 Å². The molecule has 0 saturated heterocycles. The third kappa shape index (κ3) is 4.87. The van der Waals surface area contributed by atoms with Crippen LogP contribution in [0, 0.1) is 0 Å². The van der Waals surface area contributed by atoms with Crippen LogP contribution >= 0.6 is 23.2 Å². The van der Waals surface area contributed by atoms with Crippen LogP contribution in [0.25, 0.3) is 5.69 Å². The second-order valence-electron chi connectivity index (χ2n) is 7.60. The van der Waals surface area contributed by atoms with Crippen molar-refractivity contribution in [3.05, 3.63) is 75.4 Å². The zero-order valence-corrected chi connectivity index (χ0v) is 17.5. The summed E-state index contributed by atoms with van der Waals surface area (Å²) < 4.78 is 47.0. The molecule has 1 aromatic heterocycles. The van der Waals surface area contributed by atoms with Crippen LogP contribution in [0.5, 0.6) is 5.88 Å². The first-order valence-electron chi connectivity index (χ1n) is 8.79. The zero-order chi connectivity index (χ0) is 21.4. The van der Waals surface area contributed by atoms with Crippen molar-refractivity contribution in [2.75, 3.05) is 0 Å². The molecule has 0 aliphatic rings. The third-order valence-electron chi connectivity index (χ3n) is 4.36. The Morgan fingerprint density at radius 3 is 2.21 bits per heavy atom. The molecule has 0 saturated carbocycles. The van der Waals surface area contributed by atoms with Crippen LogP contribution in [-0.4, -0.2) is 9.78 Å². The van der Waals surface area contributed by atoms with Crippen LogP contribution in [0.4, 0.5) is 13.2 Å². The highest BCUT2D eigenvalue weighted by atomic mass is 35.5. The van der Waals surface area contributed by atoms with Gasteiger partial charge in [-0.25, -0.2) is 0 Å². The van der Waals surface area contributed by atoms with Crippen LogP contribution in [0.15, 0.2) is 48.7 Å². The largest absolute Gasteiger partial charge is 0.472 e. The molecule has 3 nitrogen and oxygen atoms in total. The van der Waals surface area contributed by atoms with E-state index in [-0.39, 0.29) is 22.7 Å². The van der Waals surface area contributed by atoms with Crippen molar-refractivity contribution < 1.29 is 17.9 Å². The molecule has 0 atom stereocenters. The van der Waals surface area contributed by atoms with Gasteiger partial charge in [-0.05, 0) is 34.7 Å². The smallest absolute Gasteiger partial charge is 0.423 e.